The van der Waals surface area contributed by atoms with Crippen LogP contribution in [0.15, 0.2) is 66.7 Å². The first-order valence-corrected chi connectivity index (χ1v) is 20.7. The summed E-state index contributed by atoms with van der Waals surface area (Å²) in [6, 6.07) is 15.2. The van der Waals surface area contributed by atoms with Gasteiger partial charge in [0, 0.05) is 44.1 Å². The largest absolute Gasteiger partial charge is 0.379 e. The molecule has 0 radical (unpaired) electrons. The van der Waals surface area contributed by atoms with Crippen molar-refractivity contribution in [1.29, 1.82) is 0 Å². The van der Waals surface area contributed by atoms with Crippen molar-refractivity contribution >= 4 is 47.0 Å². The summed E-state index contributed by atoms with van der Waals surface area (Å²) in [4.78, 5) is 87.3. The number of ether oxygens (including phenoxy) is 4. The summed E-state index contributed by atoms with van der Waals surface area (Å²) in [6.07, 6.45) is 2.78. The molecule has 340 valence electrons. The van der Waals surface area contributed by atoms with Crippen molar-refractivity contribution in [2.24, 2.45) is 5.92 Å². The van der Waals surface area contributed by atoms with Crippen molar-refractivity contribution in [2.45, 2.75) is 51.8 Å². The standard InChI is InChI=1S/C43H61N7O12/c1-31(2)27-45-39(54)29-48-43(58)35(26-33-6-4-3-5-7-33)49-40(55)30-47-38(53)28-46-37(52)16-18-59-20-22-61-24-25-62-23-21-60-19-17-44-36(51)13-10-32-8-11-34(12-9-32)50-41(56)14-15-42(50)57/h3-9,11-12,14-15,31,35,41,56H,10,13,16-30H2,1-2H3,(H,44,51)(H,45,54)(H,46,52)(H,47,53)(H,48,58)(H,49,55). The smallest absolute Gasteiger partial charge is 0.253 e. The summed E-state index contributed by atoms with van der Waals surface area (Å²) >= 11 is 0. The lowest BCUT2D eigenvalue weighted by Gasteiger charge is -2.20. The molecule has 0 bridgehead atoms. The fourth-order valence-corrected chi connectivity index (χ4v) is 5.59. The van der Waals surface area contributed by atoms with Gasteiger partial charge in [0.1, 0.15) is 6.04 Å². The number of rotatable bonds is 31. The van der Waals surface area contributed by atoms with Crippen molar-refractivity contribution in [3.05, 3.63) is 77.9 Å². The van der Waals surface area contributed by atoms with Gasteiger partial charge in [-0.1, -0.05) is 56.3 Å². The van der Waals surface area contributed by atoms with Gasteiger partial charge in [0.2, 0.25) is 35.4 Å². The Bertz CT molecular complexity index is 1740. The number of carbonyl (C=O) groups excluding carboxylic acids is 7. The van der Waals surface area contributed by atoms with E-state index in [0.29, 0.717) is 71.3 Å². The summed E-state index contributed by atoms with van der Waals surface area (Å²) in [5.74, 6) is -2.67. The van der Waals surface area contributed by atoms with Gasteiger partial charge < -0.3 is 56.0 Å². The van der Waals surface area contributed by atoms with E-state index in [1.165, 1.54) is 17.1 Å². The highest BCUT2D eigenvalue weighted by Gasteiger charge is 2.25. The molecule has 19 heteroatoms. The van der Waals surface area contributed by atoms with Gasteiger partial charge in [-0.15, -0.1) is 0 Å². The van der Waals surface area contributed by atoms with Crippen LogP contribution in [0.5, 0.6) is 0 Å². The number of aliphatic hydroxyl groups is 1. The summed E-state index contributed by atoms with van der Waals surface area (Å²) < 4.78 is 21.8. The van der Waals surface area contributed by atoms with Crippen LogP contribution >= 0.6 is 0 Å². The number of carbonyl (C=O) groups is 7. The SMILES string of the molecule is CC(C)CNC(=O)CNC(=O)C(Cc1ccccc1)NC(=O)CNC(=O)CNC(=O)CCOCCOCCOCCOCCNC(=O)CCc1ccc(N2C(=O)C=CC2O)cc1. The van der Waals surface area contributed by atoms with Crippen LogP contribution in [0.2, 0.25) is 0 Å². The third kappa shape index (κ3) is 21.7. The molecule has 0 saturated heterocycles. The van der Waals surface area contributed by atoms with Crippen LogP contribution in [0.25, 0.3) is 0 Å². The molecule has 19 nitrogen and oxygen atoms in total. The van der Waals surface area contributed by atoms with Crippen molar-refractivity contribution < 1.29 is 57.6 Å². The van der Waals surface area contributed by atoms with Crippen LogP contribution in [-0.2, 0) is 65.4 Å². The summed E-state index contributed by atoms with van der Waals surface area (Å²) in [7, 11) is 0. The Balaban J connectivity index is 1.11. The zero-order chi connectivity index (χ0) is 45.0. The van der Waals surface area contributed by atoms with Crippen molar-refractivity contribution in [3.8, 4) is 0 Å². The van der Waals surface area contributed by atoms with Crippen molar-refractivity contribution in [3.63, 3.8) is 0 Å². The van der Waals surface area contributed by atoms with E-state index < -0.39 is 42.4 Å². The van der Waals surface area contributed by atoms with Gasteiger partial charge in [0.05, 0.1) is 72.5 Å². The first kappa shape index (κ1) is 50.6. The van der Waals surface area contributed by atoms with Crippen molar-refractivity contribution in [1.82, 2.24) is 31.9 Å². The summed E-state index contributed by atoms with van der Waals surface area (Å²) in [6.45, 7) is 6.09. The second kappa shape index (κ2) is 29.5. The second-order valence-electron chi connectivity index (χ2n) is 14.5. The van der Waals surface area contributed by atoms with E-state index in [1.807, 2.05) is 32.0 Å². The molecular weight excluding hydrogens is 807 g/mol. The topological polar surface area (TPSA) is 252 Å². The zero-order valence-corrected chi connectivity index (χ0v) is 35.5. The molecule has 1 aliphatic rings. The number of nitrogens with zero attached hydrogens (tertiary/aromatic N) is 1. The predicted octanol–water partition coefficient (Wildman–Crippen LogP) is -0.739. The Kier molecular flexibility index (Phi) is 24.1. The van der Waals surface area contributed by atoms with Gasteiger partial charge in [-0.2, -0.15) is 0 Å². The molecule has 1 aliphatic heterocycles. The van der Waals surface area contributed by atoms with E-state index in [9.17, 15) is 38.7 Å². The van der Waals surface area contributed by atoms with Crippen LogP contribution in [-0.4, -0.2) is 144 Å². The van der Waals surface area contributed by atoms with Crippen molar-refractivity contribution in [2.75, 3.05) is 90.5 Å². The maximum Gasteiger partial charge on any atom is 0.253 e. The molecule has 3 rings (SSSR count). The summed E-state index contributed by atoms with van der Waals surface area (Å²) in [5.41, 5.74) is 2.31. The van der Waals surface area contributed by atoms with Crippen LogP contribution in [0.1, 0.15) is 37.8 Å². The fourth-order valence-electron chi connectivity index (χ4n) is 5.59. The lowest BCUT2D eigenvalue weighted by Crippen LogP contribution is -2.52. The predicted molar refractivity (Wildman–Crippen MR) is 227 cm³/mol. The summed E-state index contributed by atoms with van der Waals surface area (Å²) in [5, 5.41) is 25.4. The Labute approximate surface area is 362 Å². The average molecular weight is 868 g/mol. The normalized spacial score (nSPS) is 13.7. The lowest BCUT2D eigenvalue weighted by molar-refractivity contribution is -0.131. The second-order valence-corrected chi connectivity index (χ2v) is 14.5. The highest BCUT2D eigenvalue weighted by Crippen LogP contribution is 2.22. The van der Waals surface area contributed by atoms with E-state index in [0.717, 1.165) is 11.1 Å². The molecule has 2 aromatic rings. The highest BCUT2D eigenvalue weighted by atomic mass is 16.6. The number of anilines is 1. The van der Waals surface area contributed by atoms with E-state index >= 15 is 0 Å². The number of hydrogen-bond donors (Lipinski definition) is 7. The Morgan fingerprint density at radius 2 is 1.19 bits per heavy atom. The van der Waals surface area contributed by atoms with Gasteiger partial charge in [-0.05, 0) is 41.7 Å². The molecular formula is C43H61N7O12. The molecule has 0 spiro atoms. The van der Waals surface area contributed by atoms with Crippen LogP contribution in [0.3, 0.4) is 0 Å². The van der Waals surface area contributed by atoms with E-state index in [4.69, 9.17) is 18.9 Å². The Hall–Kier alpha value is -5.73. The number of hydrogen-bond acceptors (Lipinski definition) is 12. The van der Waals surface area contributed by atoms with Gasteiger partial charge >= 0.3 is 0 Å². The molecule has 2 unspecified atom stereocenters. The van der Waals surface area contributed by atoms with Crippen LogP contribution in [0.4, 0.5) is 5.69 Å². The molecule has 2 aromatic carbocycles. The number of aryl methyl sites for hydroxylation is 1. The first-order chi connectivity index (χ1) is 29.9. The Morgan fingerprint density at radius 1 is 0.629 bits per heavy atom. The van der Waals surface area contributed by atoms with E-state index in [2.05, 4.69) is 31.9 Å². The number of nitrogens with one attached hydrogen (secondary N) is 6. The molecule has 0 fully saturated rings. The third-order valence-corrected chi connectivity index (χ3v) is 8.88. The molecule has 7 amide bonds. The van der Waals surface area contributed by atoms with Crippen LogP contribution in [0, 0.1) is 5.92 Å². The monoisotopic (exact) mass is 867 g/mol. The number of benzene rings is 2. The van der Waals surface area contributed by atoms with E-state index in [1.54, 1.807) is 36.4 Å². The lowest BCUT2D eigenvalue weighted by atomic mass is 10.1. The van der Waals surface area contributed by atoms with Gasteiger partial charge in [-0.3, -0.25) is 38.5 Å². The quantitative estimate of drug-likeness (QED) is 0.0463. The van der Waals surface area contributed by atoms with Gasteiger partial charge in [0.15, 0.2) is 6.23 Å². The zero-order valence-electron chi connectivity index (χ0n) is 35.5. The molecule has 0 aliphatic carbocycles. The maximum atomic E-state index is 12.9. The van der Waals surface area contributed by atoms with E-state index in [-0.39, 0.29) is 62.8 Å². The average Bonchev–Trinajstić information content (AvgIpc) is 3.60. The molecule has 7 N–H and O–H groups in total. The first-order valence-electron chi connectivity index (χ1n) is 20.7. The van der Waals surface area contributed by atoms with Gasteiger partial charge in [-0.25, -0.2) is 0 Å². The Morgan fingerprint density at radius 3 is 1.82 bits per heavy atom. The maximum absolute atomic E-state index is 12.9. The fraction of sp³-hybridized carbons (Fsp3) is 0.512. The minimum atomic E-state index is -0.994. The molecule has 1 heterocycles. The highest BCUT2D eigenvalue weighted by molar-refractivity contribution is 6.04. The van der Waals surface area contributed by atoms with Gasteiger partial charge in [0.25, 0.3) is 5.91 Å². The molecule has 0 saturated carbocycles. The molecule has 0 aromatic heterocycles. The van der Waals surface area contributed by atoms with Crippen LogP contribution < -0.4 is 36.8 Å². The minimum Gasteiger partial charge on any atom is -0.379 e. The minimum absolute atomic E-state index is 0.00994. The third-order valence-electron chi connectivity index (χ3n) is 8.88. The number of amides is 7. The molecule has 2 atom stereocenters. The number of aliphatic hydroxyl groups excluding tert-OH is 1. The molecule has 62 heavy (non-hydrogen) atoms.